The second kappa shape index (κ2) is 4.85. The van der Waals surface area contributed by atoms with Crippen molar-refractivity contribution in [3.63, 3.8) is 0 Å². The molecule has 1 aromatic carbocycles. The van der Waals surface area contributed by atoms with Gasteiger partial charge in [0.25, 0.3) is 0 Å². The van der Waals surface area contributed by atoms with Crippen molar-refractivity contribution >= 4 is 23.2 Å². The molecule has 86 valence electrons. The normalized spacial score (nSPS) is 24.4. The molecule has 3 N–H and O–H groups in total. The van der Waals surface area contributed by atoms with Gasteiger partial charge >= 0.3 is 0 Å². The Kier molecular flexibility index (Phi) is 3.46. The summed E-state index contributed by atoms with van der Waals surface area (Å²) in [5.41, 5.74) is 6.65. The number of carbonyl (C=O) groups is 1. The minimum Gasteiger partial charge on any atom is -0.327 e. The molecular weight excluding hydrogens is 224 g/mol. The molecule has 3 nitrogen and oxygen atoms in total. The van der Waals surface area contributed by atoms with E-state index < -0.39 is 0 Å². The topological polar surface area (TPSA) is 55.1 Å². The van der Waals surface area contributed by atoms with Gasteiger partial charge in [-0.1, -0.05) is 18.0 Å². The van der Waals surface area contributed by atoms with Crippen LogP contribution in [0.1, 0.15) is 19.3 Å². The minimum absolute atomic E-state index is 0.00676. The predicted octanol–water partition coefficient (Wildman–Crippen LogP) is 2.41. The van der Waals surface area contributed by atoms with Crippen LogP contribution < -0.4 is 11.1 Å². The fraction of sp³-hybridized carbons (Fsp3) is 0.417. The molecule has 1 aliphatic rings. The van der Waals surface area contributed by atoms with Crippen LogP contribution >= 0.6 is 11.6 Å². The molecule has 2 atom stereocenters. The second-order valence-corrected chi connectivity index (χ2v) is 4.63. The molecule has 1 fully saturated rings. The summed E-state index contributed by atoms with van der Waals surface area (Å²) in [5.74, 6) is -0.0250. The van der Waals surface area contributed by atoms with E-state index in [9.17, 15) is 4.79 Å². The average Bonchev–Trinajstić information content (AvgIpc) is 2.68. The van der Waals surface area contributed by atoms with Crippen molar-refractivity contribution in [2.45, 2.75) is 25.3 Å². The van der Waals surface area contributed by atoms with Crippen molar-refractivity contribution in [2.75, 3.05) is 5.32 Å². The summed E-state index contributed by atoms with van der Waals surface area (Å²) in [6.07, 6.45) is 2.87. The maximum absolute atomic E-state index is 11.9. The molecule has 0 aromatic heterocycles. The molecule has 4 heteroatoms. The van der Waals surface area contributed by atoms with Crippen molar-refractivity contribution in [3.8, 4) is 0 Å². The van der Waals surface area contributed by atoms with E-state index in [1.54, 1.807) is 24.3 Å². The Morgan fingerprint density at radius 1 is 1.31 bits per heavy atom. The maximum Gasteiger partial charge on any atom is 0.229 e. The molecule has 0 radical (unpaired) electrons. The highest BCUT2D eigenvalue weighted by Crippen LogP contribution is 2.25. The molecule has 0 saturated heterocycles. The Hall–Kier alpha value is -1.06. The summed E-state index contributed by atoms with van der Waals surface area (Å²) < 4.78 is 0. The highest BCUT2D eigenvalue weighted by molar-refractivity contribution is 6.30. The van der Waals surface area contributed by atoms with E-state index in [1.165, 1.54) is 0 Å². The fourth-order valence-corrected chi connectivity index (χ4v) is 2.21. The quantitative estimate of drug-likeness (QED) is 0.831. The molecule has 0 bridgehead atoms. The SMILES string of the molecule is NC1CCCC1C(=O)Nc1ccc(Cl)cc1. The molecule has 2 unspecified atom stereocenters. The van der Waals surface area contributed by atoms with E-state index in [1.807, 2.05) is 0 Å². The van der Waals surface area contributed by atoms with Crippen molar-refractivity contribution < 1.29 is 4.79 Å². The smallest absolute Gasteiger partial charge is 0.229 e. The van der Waals surface area contributed by atoms with Crippen LogP contribution in [0.2, 0.25) is 5.02 Å². The number of hydrogen-bond acceptors (Lipinski definition) is 2. The van der Waals surface area contributed by atoms with E-state index in [4.69, 9.17) is 17.3 Å². The van der Waals surface area contributed by atoms with E-state index in [2.05, 4.69) is 5.32 Å². The van der Waals surface area contributed by atoms with E-state index in [0.29, 0.717) is 5.02 Å². The molecule has 1 saturated carbocycles. The number of nitrogens with two attached hydrogens (primary N) is 1. The van der Waals surface area contributed by atoms with Crippen molar-refractivity contribution in [1.82, 2.24) is 0 Å². The van der Waals surface area contributed by atoms with Crippen LogP contribution in [0, 0.1) is 5.92 Å². The Morgan fingerprint density at radius 2 is 2.00 bits per heavy atom. The Balaban J connectivity index is 1.99. The summed E-state index contributed by atoms with van der Waals surface area (Å²) in [7, 11) is 0. The van der Waals surface area contributed by atoms with Crippen LogP contribution in [0.25, 0.3) is 0 Å². The molecule has 0 aliphatic heterocycles. The average molecular weight is 239 g/mol. The zero-order valence-electron chi connectivity index (χ0n) is 8.95. The summed E-state index contributed by atoms with van der Waals surface area (Å²) in [5, 5.41) is 3.53. The van der Waals surface area contributed by atoms with Gasteiger partial charge in [-0.2, -0.15) is 0 Å². The van der Waals surface area contributed by atoms with Crippen LogP contribution in [0.15, 0.2) is 24.3 Å². The van der Waals surface area contributed by atoms with Gasteiger partial charge in [-0.3, -0.25) is 4.79 Å². The lowest BCUT2D eigenvalue weighted by molar-refractivity contribution is -0.120. The number of anilines is 1. The highest BCUT2D eigenvalue weighted by atomic mass is 35.5. The minimum atomic E-state index is -0.0457. The van der Waals surface area contributed by atoms with Gasteiger partial charge in [-0.05, 0) is 37.1 Å². The fourth-order valence-electron chi connectivity index (χ4n) is 2.08. The van der Waals surface area contributed by atoms with Gasteiger partial charge < -0.3 is 11.1 Å². The number of carbonyl (C=O) groups excluding carboxylic acids is 1. The summed E-state index contributed by atoms with van der Waals surface area (Å²) in [6.45, 7) is 0. The van der Waals surface area contributed by atoms with Gasteiger partial charge in [0.05, 0.1) is 5.92 Å². The Bertz CT molecular complexity index is 377. The molecule has 16 heavy (non-hydrogen) atoms. The molecule has 1 aliphatic carbocycles. The van der Waals surface area contributed by atoms with E-state index in [0.717, 1.165) is 24.9 Å². The van der Waals surface area contributed by atoms with E-state index in [-0.39, 0.29) is 17.9 Å². The predicted molar refractivity (Wildman–Crippen MR) is 65.4 cm³/mol. The number of rotatable bonds is 2. The largest absolute Gasteiger partial charge is 0.327 e. The summed E-state index contributed by atoms with van der Waals surface area (Å²) in [4.78, 5) is 11.9. The first-order chi connectivity index (χ1) is 7.66. The van der Waals surface area contributed by atoms with Crippen LogP contribution in [0.3, 0.4) is 0 Å². The lowest BCUT2D eigenvalue weighted by Gasteiger charge is -2.15. The zero-order chi connectivity index (χ0) is 11.5. The van der Waals surface area contributed by atoms with Gasteiger partial charge in [-0.15, -0.1) is 0 Å². The van der Waals surface area contributed by atoms with Gasteiger partial charge in [0.15, 0.2) is 0 Å². The maximum atomic E-state index is 11.9. The molecule has 1 amide bonds. The van der Waals surface area contributed by atoms with Gasteiger partial charge in [-0.25, -0.2) is 0 Å². The summed E-state index contributed by atoms with van der Waals surface area (Å²) >= 11 is 5.77. The van der Waals surface area contributed by atoms with Crippen molar-refractivity contribution in [1.29, 1.82) is 0 Å². The van der Waals surface area contributed by atoms with Crippen LogP contribution in [-0.2, 0) is 4.79 Å². The second-order valence-electron chi connectivity index (χ2n) is 4.20. The third-order valence-corrected chi connectivity index (χ3v) is 3.27. The van der Waals surface area contributed by atoms with Crippen LogP contribution in [0.5, 0.6) is 0 Å². The molecule has 0 heterocycles. The first kappa shape index (κ1) is 11.4. The Labute approximate surface area is 100.0 Å². The number of halogens is 1. The number of benzene rings is 1. The van der Waals surface area contributed by atoms with Crippen LogP contribution in [-0.4, -0.2) is 11.9 Å². The monoisotopic (exact) mass is 238 g/mol. The lowest BCUT2D eigenvalue weighted by Crippen LogP contribution is -2.34. The molecule has 2 rings (SSSR count). The van der Waals surface area contributed by atoms with Crippen molar-refractivity contribution in [3.05, 3.63) is 29.3 Å². The molecular formula is C12H15ClN2O. The molecule has 0 spiro atoms. The third kappa shape index (κ3) is 2.54. The number of hydrogen-bond donors (Lipinski definition) is 2. The van der Waals surface area contributed by atoms with Crippen molar-refractivity contribution in [2.24, 2.45) is 11.7 Å². The van der Waals surface area contributed by atoms with E-state index >= 15 is 0 Å². The standard InChI is InChI=1S/C12H15ClN2O/c13-8-4-6-9(7-5-8)15-12(16)10-2-1-3-11(10)14/h4-7,10-11H,1-3,14H2,(H,15,16). The zero-order valence-corrected chi connectivity index (χ0v) is 9.70. The van der Waals surface area contributed by atoms with Gasteiger partial charge in [0.2, 0.25) is 5.91 Å². The Morgan fingerprint density at radius 3 is 2.56 bits per heavy atom. The number of nitrogens with one attached hydrogen (secondary N) is 1. The van der Waals surface area contributed by atoms with Crippen LogP contribution in [0.4, 0.5) is 5.69 Å². The first-order valence-electron chi connectivity index (χ1n) is 5.49. The summed E-state index contributed by atoms with van der Waals surface area (Å²) in [6, 6.07) is 7.10. The van der Waals surface area contributed by atoms with Gasteiger partial charge in [0, 0.05) is 16.8 Å². The third-order valence-electron chi connectivity index (χ3n) is 3.02. The lowest BCUT2D eigenvalue weighted by atomic mass is 10.0. The number of amides is 1. The van der Waals surface area contributed by atoms with Gasteiger partial charge in [0.1, 0.15) is 0 Å². The molecule has 1 aromatic rings. The highest BCUT2D eigenvalue weighted by Gasteiger charge is 2.30. The first-order valence-corrected chi connectivity index (χ1v) is 5.86.